The standard InChI is InChI=1S/C29H29N3O5S2/c1-21-9-5-6-12-24(21)29(33)31-27-15-16-28(26-14-8-7-13-25(26)27)39(36,37)32(22-17-19-30-20-18-22)38(34,35)23-10-3-2-4-11-23/h2-16,22,30H,17-20H2,1H3,(H,31,33). The number of fused-ring (bicyclic) bond motifs is 1. The van der Waals surface area contributed by atoms with Crippen LogP contribution in [0.3, 0.4) is 0 Å². The molecule has 1 aliphatic rings. The number of carbonyl (C=O) groups is 1. The largest absolute Gasteiger partial charge is 0.321 e. The van der Waals surface area contributed by atoms with Gasteiger partial charge in [-0.3, -0.25) is 4.79 Å². The third-order valence-electron chi connectivity index (χ3n) is 6.92. The van der Waals surface area contributed by atoms with Gasteiger partial charge < -0.3 is 10.6 Å². The van der Waals surface area contributed by atoms with Gasteiger partial charge in [0.25, 0.3) is 26.0 Å². The molecule has 1 fully saturated rings. The van der Waals surface area contributed by atoms with Crippen molar-refractivity contribution in [3.8, 4) is 0 Å². The van der Waals surface area contributed by atoms with Crippen LogP contribution in [0.4, 0.5) is 5.69 Å². The minimum Gasteiger partial charge on any atom is -0.321 e. The molecule has 39 heavy (non-hydrogen) atoms. The molecule has 1 aliphatic heterocycles. The summed E-state index contributed by atoms with van der Waals surface area (Å²) in [7, 11) is -8.93. The number of carbonyl (C=O) groups excluding carboxylic acids is 1. The van der Waals surface area contributed by atoms with E-state index < -0.39 is 26.1 Å². The van der Waals surface area contributed by atoms with Crippen LogP contribution in [0.1, 0.15) is 28.8 Å². The fourth-order valence-corrected chi connectivity index (χ4v) is 9.29. The van der Waals surface area contributed by atoms with Crippen molar-refractivity contribution in [2.45, 2.75) is 35.6 Å². The van der Waals surface area contributed by atoms with E-state index in [4.69, 9.17) is 0 Å². The highest BCUT2D eigenvalue weighted by molar-refractivity contribution is 8.04. The molecular formula is C29H29N3O5S2. The zero-order valence-electron chi connectivity index (χ0n) is 21.4. The second-order valence-electron chi connectivity index (χ2n) is 9.46. The Hall–Kier alpha value is -3.57. The van der Waals surface area contributed by atoms with Gasteiger partial charge in [-0.25, -0.2) is 16.8 Å². The van der Waals surface area contributed by atoms with Crippen molar-refractivity contribution in [3.05, 3.63) is 102 Å². The fraction of sp³-hybridized carbons (Fsp3) is 0.207. The van der Waals surface area contributed by atoms with Crippen LogP contribution >= 0.6 is 0 Å². The number of rotatable bonds is 7. The van der Waals surface area contributed by atoms with Gasteiger partial charge in [0.2, 0.25) is 0 Å². The van der Waals surface area contributed by atoms with E-state index >= 15 is 0 Å². The SMILES string of the molecule is Cc1ccccc1C(=O)Nc1ccc(S(=O)(=O)N(C2CCNCC2)S(=O)(=O)c2ccccc2)c2ccccc12. The second-order valence-corrected chi connectivity index (χ2v) is 13.3. The van der Waals surface area contributed by atoms with Gasteiger partial charge in [-0.1, -0.05) is 64.4 Å². The predicted octanol–water partition coefficient (Wildman–Crippen LogP) is 4.53. The van der Waals surface area contributed by atoms with Gasteiger partial charge in [0.05, 0.1) is 9.79 Å². The minimum atomic E-state index is -4.53. The Labute approximate surface area is 228 Å². The van der Waals surface area contributed by atoms with E-state index in [1.165, 1.54) is 24.3 Å². The molecule has 2 N–H and O–H groups in total. The van der Waals surface area contributed by atoms with Crippen LogP contribution in [0.5, 0.6) is 0 Å². The highest BCUT2D eigenvalue weighted by Gasteiger charge is 2.43. The first kappa shape index (κ1) is 27.0. The molecule has 4 aromatic carbocycles. The highest BCUT2D eigenvalue weighted by Crippen LogP contribution is 2.36. The van der Waals surface area contributed by atoms with Crippen molar-refractivity contribution in [2.75, 3.05) is 18.4 Å². The third kappa shape index (κ3) is 5.20. The van der Waals surface area contributed by atoms with Crippen molar-refractivity contribution in [1.29, 1.82) is 0 Å². The molecule has 202 valence electrons. The number of sulfonamides is 2. The summed E-state index contributed by atoms with van der Waals surface area (Å²) in [5, 5.41) is 6.87. The monoisotopic (exact) mass is 563 g/mol. The fourth-order valence-electron chi connectivity index (χ4n) is 4.96. The van der Waals surface area contributed by atoms with Crippen LogP contribution < -0.4 is 10.6 Å². The number of piperidine rings is 1. The number of hydrogen-bond donors (Lipinski definition) is 2. The van der Waals surface area contributed by atoms with Gasteiger partial charge >= 0.3 is 0 Å². The molecule has 0 spiro atoms. The quantitative estimate of drug-likeness (QED) is 0.342. The summed E-state index contributed by atoms with van der Waals surface area (Å²) in [5.41, 5.74) is 1.74. The Balaban J connectivity index is 1.62. The van der Waals surface area contributed by atoms with Crippen LogP contribution in [0, 0.1) is 6.92 Å². The average Bonchev–Trinajstić information content (AvgIpc) is 2.94. The Morgan fingerprint density at radius 1 is 0.769 bits per heavy atom. The van der Waals surface area contributed by atoms with Crippen LogP contribution in [0.2, 0.25) is 0 Å². The maximum Gasteiger partial charge on any atom is 0.257 e. The number of amides is 1. The van der Waals surface area contributed by atoms with Crippen molar-refractivity contribution in [1.82, 2.24) is 9.03 Å². The highest BCUT2D eigenvalue weighted by atomic mass is 32.3. The Morgan fingerprint density at radius 3 is 2.08 bits per heavy atom. The lowest BCUT2D eigenvalue weighted by Crippen LogP contribution is -2.48. The first-order valence-corrected chi connectivity index (χ1v) is 15.5. The average molecular weight is 564 g/mol. The molecule has 0 radical (unpaired) electrons. The Kier molecular flexibility index (Phi) is 7.55. The number of nitrogens with zero attached hydrogens (tertiary/aromatic N) is 1. The Bertz CT molecular complexity index is 1730. The van der Waals surface area contributed by atoms with Gasteiger partial charge in [0.15, 0.2) is 0 Å². The van der Waals surface area contributed by atoms with Gasteiger partial charge in [0.1, 0.15) is 0 Å². The normalized spacial score (nSPS) is 14.9. The van der Waals surface area contributed by atoms with E-state index in [2.05, 4.69) is 10.6 Å². The van der Waals surface area contributed by atoms with Crippen LogP contribution in [-0.4, -0.2) is 45.6 Å². The summed E-state index contributed by atoms with van der Waals surface area (Å²) in [6, 6.07) is 23.7. The Morgan fingerprint density at radius 2 is 1.38 bits per heavy atom. The smallest absolute Gasteiger partial charge is 0.257 e. The van der Waals surface area contributed by atoms with E-state index in [0.717, 1.165) is 5.56 Å². The number of anilines is 1. The molecule has 10 heteroatoms. The summed E-state index contributed by atoms with van der Waals surface area (Å²) < 4.78 is 57.0. The first-order valence-electron chi connectivity index (χ1n) is 12.7. The van der Waals surface area contributed by atoms with E-state index in [0.29, 0.717) is 51.7 Å². The summed E-state index contributed by atoms with van der Waals surface area (Å²) in [6.07, 6.45) is 0.710. The molecule has 0 unspecified atom stereocenters. The van der Waals surface area contributed by atoms with Crippen LogP contribution in [0.25, 0.3) is 10.8 Å². The van der Waals surface area contributed by atoms with Crippen molar-refractivity contribution in [2.24, 2.45) is 0 Å². The van der Waals surface area contributed by atoms with Crippen molar-refractivity contribution < 1.29 is 21.6 Å². The predicted molar refractivity (Wildman–Crippen MR) is 152 cm³/mol. The molecule has 1 heterocycles. The van der Waals surface area contributed by atoms with Crippen LogP contribution in [-0.2, 0) is 20.0 Å². The van der Waals surface area contributed by atoms with Crippen molar-refractivity contribution in [3.63, 3.8) is 0 Å². The molecule has 5 rings (SSSR count). The molecule has 0 bridgehead atoms. The topological polar surface area (TPSA) is 113 Å². The van der Waals surface area contributed by atoms with Crippen molar-refractivity contribution >= 4 is 42.4 Å². The van der Waals surface area contributed by atoms with Gasteiger partial charge in [-0.05, 0) is 68.8 Å². The van der Waals surface area contributed by atoms with E-state index in [-0.39, 0.29) is 15.7 Å². The van der Waals surface area contributed by atoms with Gasteiger partial charge in [-0.15, -0.1) is 0 Å². The second kappa shape index (κ2) is 10.9. The molecule has 8 nitrogen and oxygen atoms in total. The maximum absolute atomic E-state index is 14.3. The number of benzene rings is 4. The molecule has 0 aromatic heterocycles. The summed E-state index contributed by atoms with van der Waals surface area (Å²) in [6.45, 7) is 2.85. The lowest BCUT2D eigenvalue weighted by Gasteiger charge is -2.33. The van der Waals surface area contributed by atoms with E-state index in [1.807, 2.05) is 19.1 Å². The number of aryl methyl sites for hydroxylation is 1. The lowest BCUT2D eigenvalue weighted by molar-refractivity contribution is 0.102. The molecule has 4 aromatic rings. The third-order valence-corrected chi connectivity index (χ3v) is 11.4. The maximum atomic E-state index is 14.3. The van der Waals surface area contributed by atoms with E-state index in [1.54, 1.807) is 54.6 Å². The van der Waals surface area contributed by atoms with Gasteiger partial charge in [0, 0.05) is 28.1 Å². The molecule has 0 aliphatic carbocycles. The molecule has 1 saturated heterocycles. The summed E-state index contributed by atoms with van der Waals surface area (Å²) in [5.74, 6) is -0.322. The summed E-state index contributed by atoms with van der Waals surface area (Å²) in [4.78, 5) is 12.8. The lowest BCUT2D eigenvalue weighted by atomic mass is 10.1. The number of hydrogen-bond acceptors (Lipinski definition) is 6. The zero-order chi connectivity index (χ0) is 27.6. The molecular weight excluding hydrogens is 534 g/mol. The summed E-state index contributed by atoms with van der Waals surface area (Å²) >= 11 is 0. The van der Waals surface area contributed by atoms with Crippen LogP contribution in [0.15, 0.2) is 101 Å². The van der Waals surface area contributed by atoms with E-state index in [9.17, 15) is 21.6 Å². The molecule has 0 saturated carbocycles. The first-order chi connectivity index (χ1) is 18.7. The zero-order valence-corrected chi connectivity index (χ0v) is 23.0. The minimum absolute atomic E-state index is 0.0847. The van der Waals surface area contributed by atoms with Gasteiger partial charge in [-0.2, -0.15) is 0 Å². The number of nitrogens with one attached hydrogen (secondary N) is 2. The molecule has 0 atom stereocenters. The molecule has 1 amide bonds.